The van der Waals surface area contributed by atoms with Gasteiger partial charge >= 0.3 is 0 Å². The Balaban J connectivity index is 1.67. The van der Waals surface area contributed by atoms with Gasteiger partial charge in [0, 0.05) is 11.6 Å². The van der Waals surface area contributed by atoms with Crippen LogP contribution in [0.15, 0.2) is 42.5 Å². The fourth-order valence-corrected chi connectivity index (χ4v) is 3.89. The van der Waals surface area contributed by atoms with Gasteiger partial charge in [0.05, 0.1) is 18.8 Å². The predicted octanol–water partition coefficient (Wildman–Crippen LogP) is 2.75. The molecule has 0 radical (unpaired) electrons. The molecule has 0 fully saturated rings. The van der Waals surface area contributed by atoms with Gasteiger partial charge in [-0.2, -0.15) is 4.31 Å². The molecule has 9 heteroatoms. The number of carbonyl (C=O) groups is 1. The van der Waals surface area contributed by atoms with Crippen LogP contribution in [-0.2, 0) is 21.4 Å². The lowest BCUT2D eigenvalue weighted by Gasteiger charge is -2.23. The van der Waals surface area contributed by atoms with E-state index in [1.807, 2.05) is 19.1 Å². The number of hydrogen-bond acceptors (Lipinski definition) is 5. The maximum absolute atomic E-state index is 12.5. The molecular formula is C20H23ClN2O5S. The Morgan fingerprint density at radius 2 is 1.86 bits per heavy atom. The first kappa shape index (κ1) is 21.4. The minimum absolute atomic E-state index is 0.0182. The summed E-state index contributed by atoms with van der Waals surface area (Å²) in [5.41, 5.74) is 1.46. The second-order valence-corrected chi connectivity index (χ2v) is 9.20. The maximum Gasteiger partial charge on any atom is 0.235 e. The van der Waals surface area contributed by atoms with Crippen LogP contribution in [-0.4, -0.2) is 44.6 Å². The Hall–Kier alpha value is -2.29. The molecule has 1 aliphatic heterocycles. The Labute approximate surface area is 175 Å². The number of ether oxygens (including phenoxy) is 2. The highest BCUT2D eigenvalue weighted by atomic mass is 35.5. The Morgan fingerprint density at radius 1 is 1.17 bits per heavy atom. The molecular weight excluding hydrogens is 416 g/mol. The zero-order valence-electron chi connectivity index (χ0n) is 16.2. The van der Waals surface area contributed by atoms with E-state index < -0.39 is 15.9 Å². The SMILES string of the molecule is C[C@@H](NC(=O)CN(Cc1ccccc1Cl)S(C)(=O)=O)c1ccc2c(c1)OCCO2. The number of rotatable bonds is 7. The predicted molar refractivity (Wildman–Crippen MR) is 111 cm³/mol. The number of nitrogens with one attached hydrogen (secondary N) is 1. The standard InChI is InChI=1S/C20H23ClN2O5S/c1-14(15-7-8-18-19(11-15)28-10-9-27-18)22-20(24)13-23(29(2,25)26)12-16-5-3-4-6-17(16)21/h3-8,11,14H,9-10,12-13H2,1-2H3,(H,22,24)/t14-/m1/s1. The summed E-state index contributed by atoms with van der Waals surface area (Å²) < 4.78 is 36.5. The van der Waals surface area contributed by atoms with Crippen LogP contribution in [0, 0.1) is 0 Å². The molecule has 1 aliphatic rings. The number of carbonyl (C=O) groups excluding carboxylic acids is 1. The van der Waals surface area contributed by atoms with E-state index in [-0.39, 0.29) is 19.1 Å². The summed E-state index contributed by atoms with van der Waals surface area (Å²) in [4.78, 5) is 12.5. The lowest BCUT2D eigenvalue weighted by Crippen LogP contribution is -2.40. The molecule has 0 bridgehead atoms. The highest BCUT2D eigenvalue weighted by molar-refractivity contribution is 7.88. The average Bonchev–Trinajstić information content (AvgIpc) is 2.68. The van der Waals surface area contributed by atoms with Crippen molar-refractivity contribution < 1.29 is 22.7 Å². The van der Waals surface area contributed by atoms with Crippen molar-refractivity contribution in [2.45, 2.75) is 19.5 Å². The van der Waals surface area contributed by atoms with Crippen molar-refractivity contribution in [2.24, 2.45) is 0 Å². The maximum atomic E-state index is 12.5. The van der Waals surface area contributed by atoms with Crippen molar-refractivity contribution in [3.8, 4) is 11.5 Å². The zero-order valence-corrected chi connectivity index (χ0v) is 17.8. The van der Waals surface area contributed by atoms with Gasteiger partial charge in [-0.05, 0) is 36.2 Å². The van der Waals surface area contributed by atoms with Gasteiger partial charge in [-0.1, -0.05) is 35.9 Å². The zero-order chi connectivity index (χ0) is 21.0. The van der Waals surface area contributed by atoms with Crippen LogP contribution < -0.4 is 14.8 Å². The van der Waals surface area contributed by atoms with Crippen LogP contribution >= 0.6 is 11.6 Å². The number of nitrogens with zero attached hydrogens (tertiary/aromatic N) is 1. The van der Waals surface area contributed by atoms with Crippen molar-refractivity contribution >= 4 is 27.5 Å². The summed E-state index contributed by atoms with van der Waals surface area (Å²) in [6, 6.07) is 12.1. The van der Waals surface area contributed by atoms with E-state index in [2.05, 4.69) is 5.32 Å². The number of fused-ring (bicyclic) bond motifs is 1. The van der Waals surface area contributed by atoms with Crippen LogP contribution in [0.5, 0.6) is 11.5 Å². The summed E-state index contributed by atoms with van der Waals surface area (Å²) in [7, 11) is -3.61. The van der Waals surface area contributed by atoms with Gasteiger partial charge in [0.2, 0.25) is 15.9 Å². The summed E-state index contributed by atoms with van der Waals surface area (Å²) >= 11 is 6.13. The van der Waals surface area contributed by atoms with E-state index in [0.717, 1.165) is 16.1 Å². The average molecular weight is 439 g/mol. The van der Waals surface area contributed by atoms with Crippen LogP contribution in [0.25, 0.3) is 0 Å². The van der Waals surface area contributed by atoms with E-state index in [4.69, 9.17) is 21.1 Å². The van der Waals surface area contributed by atoms with Crippen molar-refractivity contribution in [1.82, 2.24) is 9.62 Å². The van der Waals surface area contributed by atoms with E-state index >= 15 is 0 Å². The minimum Gasteiger partial charge on any atom is -0.486 e. The molecule has 1 atom stereocenters. The fourth-order valence-electron chi connectivity index (χ4n) is 2.97. The molecule has 1 amide bonds. The first-order valence-electron chi connectivity index (χ1n) is 9.11. The van der Waals surface area contributed by atoms with Crippen molar-refractivity contribution in [2.75, 3.05) is 26.0 Å². The fraction of sp³-hybridized carbons (Fsp3) is 0.350. The van der Waals surface area contributed by atoms with E-state index in [9.17, 15) is 13.2 Å². The number of benzene rings is 2. The normalized spacial score (nSPS) is 14.5. The van der Waals surface area contributed by atoms with Crippen molar-refractivity contribution in [1.29, 1.82) is 0 Å². The van der Waals surface area contributed by atoms with Gasteiger partial charge in [0.1, 0.15) is 13.2 Å². The third kappa shape index (κ3) is 5.62. The molecule has 0 aliphatic carbocycles. The Kier molecular flexibility index (Phi) is 6.66. The van der Waals surface area contributed by atoms with Gasteiger partial charge in [0.25, 0.3) is 0 Å². The molecule has 7 nitrogen and oxygen atoms in total. The number of sulfonamides is 1. The van der Waals surface area contributed by atoms with Crippen LogP contribution in [0.4, 0.5) is 0 Å². The summed E-state index contributed by atoms with van der Waals surface area (Å²) in [5.74, 6) is 0.887. The number of halogens is 1. The lowest BCUT2D eigenvalue weighted by atomic mass is 10.1. The largest absolute Gasteiger partial charge is 0.486 e. The summed E-state index contributed by atoms with van der Waals surface area (Å²) in [6.07, 6.45) is 1.07. The quantitative estimate of drug-likeness (QED) is 0.718. The molecule has 0 saturated heterocycles. The first-order valence-corrected chi connectivity index (χ1v) is 11.3. The molecule has 2 aromatic carbocycles. The highest BCUT2D eigenvalue weighted by Crippen LogP contribution is 2.32. The van der Waals surface area contributed by atoms with Crippen molar-refractivity contribution in [3.63, 3.8) is 0 Å². The molecule has 29 heavy (non-hydrogen) atoms. The van der Waals surface area contributed by atoms with E-state index in [0.29, 0.717) is 35.3 Å². The summed E-state index contributed by atoms with van der Waals surface area (Å²) in [6.45, 7) is 2.51. The third-order valence-electron chi connectivity index (χ3n) is 4.54. The van der Waals surface area contributed by atoms with Crippen LogP contribution in [0.1, 0.15) is 24.1 Å². The smallest absolute Gasteiger partial charge is 0.235 e. The van der Waals surface area contributed by atoms with Gasteiger partial charge in [-0.3, -0.25) is 4.79 Å². The Bertz CT molecular complexity index is 996. The first-order chi connectivity index (χ1) is 13.7. The molecule has 0 saturated carbocycles. The van der Waals surface area contributed by atoms with Crippen LogP contribution in [0.3, 0.4) is 0 Å². The monoisotopic (exact) mass is 438 g/mol. The molecule has 2 aromatic rings. The molecule has 1 heterocycles. The van der Waals surface area contributed by atoms with Crippen molar-refractivity contribution in [3.05, 3.63) is 58.6 Å². The second kappa shape index (κ2) is 9.02. The molecule has 0 unspecified atom stereocenters. The molecule has 3 rings (SSSR count). The van der Waals surface area contributed by atoms with Gasteiger partial charge in [-0.15, -0.1) is 0 Å². The molecule has 0 aromatic heterocycles. The summed E-state index contributed by atoms with van der Waals surface area (Å²) in [5, 5.41) is 3.28. The molecule has 156 valence electrons. The van der Waals surface area contributed by atoms with Gasteiger partial charge in [-0.25, -0.2) is 8.42 Å². The van der Waals surface area contributed by atoms with Gasteiger partial charge in [0.15, 0.2) is 11.5 Å². The Morgan fingerprint density at radius 3 is 2.55 bits per heavy atom. The second-order valence-electron chi connectivity index (χ2n) is 6.81. The van der Waals surface area contributed by atoms with E-state index in [1.165, 1.54) is 0 Å². The lowest BCUT2D eigenvalue weighted by molar-refractivity contribution is -0.122. The number of amides is 1. The minimum atomic E-state index is -3.61. The van der Waals surface area contributed by atoms with Crippen LogP contribution in [0.2, 0.25) is 5.02 Å². The van der Waals surface area contributed by atoms with Gasteiger partial charge < -0.3 is 14.8 Å². The third-order valence-corrected chi connectivity index (χ3v) is 6.10. The molecule has 1 N–H and O–H groups in total. The topological polar surface area (TPSA) is 84.9 Å². The molecule has 0 spiro atoms. The highest BCUT2D eigenvalue weighted by Gasteiger charge is 2.23. The van der Waals surface area contributed by atoms with E-state index in [1.54, 1.807) is 30.3 Å². The number of hydrogen-bond donors (Lipinski definition) is 1.